The lowest BCUT2D eigenvalue weighted by molar-refractivity contribution is 0.622. The lowest BCUT2D eigenvalue weighted by Crippen LogP contribution is -1.99. The smallest absolute Gasteiger partial charge is 0.139 e. The van der Waals surface area contributed by atoms with E-state index < -0.39 is 0 Å². The van der Waals surface area contributed by atoms with Gasteiger partial charge in [0.1, 0.15) is 17.5 Å². The summed E-state index contributed by atoms with van der Waals surface area (Å²) in [5.74, 6) is 0.0258. The van der Waals surface area contributed by atoms with E-state index in [4.69, 9.17) is 11.6 Å². The van der Waals surface area contributed by atoms with Gasteiger partial charge in [-0.15, -0.1) is 11.6 Å². The Labute approximate surface area is 127 Å². The van der Waals surface area contributed by atoms with Gasteiger partial charge in [-0.25, -0.2) is 13.8 Å². The molecule has 0 atom stereocenters. The number of aromatic nitrogens is 2. The minimum Gasteiger partial charge on any atom is -0.295 e. The molecule has 20 heavy (non-hydrogen) atoms. The van der Waals surface area contributed by atoms with Crippen molar-refractivity contribution in [2.24, 2.45) is 0 Å². The molecule has 3 aromatic rings. The molecule has 0 saturated carbocycles. The SMILES string of the molecule is Fc1ccc(-n2c(CCl)nc3cc(Br)c(F)cc32)cc1. The van der Waals surface area contributed by atoms with E-state index in [-0.39, 0.29) is 17.5 Å². The first kappa shape index (κ1) is 13.5. The molecule has 0 aliphatic carbocycles. The number of nitrogens with zero attached hydrogens (tertiary/aromatic N) is 2. The number of fused-ring (bicyclic) bond motifs is 1. The molecule has 0 spiro atoms. The minimum atomic E-state index is -0.387. The molecule has 6 heteroatoms. The molecule has 3 rings (SSSR count). The first-order valence-corrected chi connectivity index (χ1v) is 7.11. The molecule has 1 aromatic heterocycles. The molecule has 0 amide bonds. The van der Waals surface area contributed by atoms with Gasteiger partial charge >= 0.3 is 0 Å². The van der Waals surface area contributed by atoms with Gasteiger partial charge in [-0.2, -0.15) is 0 Å². The Morgan fingerprint density at radius 3 is 2.50 bits per heavy atom. The van der Waals surface area contributed by atoms with Crippen molar-refractivity contribution < 1.29 is 8.78 Å². The van der Waals surface area contributed by atoms with E-state index in [2.05, 4.69) is 20.9 Å². The molecule has 0 radical (unpaired) electrons. The Kier molecular flexibility index (Phi) is 3.48. The van der Waals surface area contributed by atoms with Crippen molar-refractivity contribution >= 4 is 38.6 Å². The van der Waals surface area contributed by atoms with Gasteiger partial charge in [0.15, 0.2) is 0 Å². The Morgan fingerprint density at radius 2 is 1.85 bits per heavy atom. The lowest BCUT2D eigenvalue weighted by Gasteiger charge is -2.07. The van der Waals surface area contributed by atoms with Gasteiger partial charge in [-0.1, -0.05) is 0 Å². The van der Waals surface area contributed by atoms with Gasteiger partial charge in [-0.05, 0) is 46.3 Å². The Morgan fingerprint density at radius 1 is 1.15 bits per heavy atom. The number of alkyl halides is 1. The molecule has 2 nitrogen and oxygen atoms in total. The quantitative estimate of drug-likeness (QED) is 0.602. The third-order valence-electron chi connectivity index (χ3n) is 2.97. The van der Waals surface area contributed by atoms with Crippen molar-refractivity contribution in [1.82, 2.24) is 9.55 Å². The largest absolute Gasteiger partial charge is 0.295 e. The highest BCUT2D eigenvalue weighted by molar-refractivity contribution is 9.10. The number of hydrogen-bond acceptors (Lipinski definition) is 1. The molecule has 102 valence electrons. The normalized spacial score (nSPS) is 11.2. The van der Waals surface area contributed by atoms with Crippen LogP contribution in [0.2, 0.25) is 0 Å². The highest BCUT2D eigenvalue weighted by Gasteiger charge is 2.14. The predicted octanol–water partition coefficient (Wildman–Crippen LogP) is 4.81. The fraction of sp³-hybridized carbons (Fsp3) is 0.0714. The summed E-state index contributed by atoms with van der Waals surface area (Å²) in [6.07, 6.45) is 0. The van der Waals surface area contributed by atoms with Crippen LogP contribution in [0.1, 0.15) is 5.82 Å². The van der Waals surface area contributed by atoms with E-state index in [0.717, 1.165) is 0 Å². The van der Waals surface area contributed by atoms with Crippen LogP contribution in [0.5, 0.6) is 0 Å². The topological polar surface area (TPSA) is 17.8 Å². The van der Waals surface area contributed by atoms with Crippen LogP contribution >= 0.6 is 27.5 Å². The molecule has 0 saturated heterocycles. The van der Waals surface area contributed by atoms with Crippen molar-refractivity contribution in [1.29, 1.82) is 0 Å². The summed E-state index contributed by atoms with van der Waals surface area (Å²) in [6, 6.07) is 8.87. The summed E-state index contributed by atoms with van der Waals surface area (Å²) < 4.78 is 28.8. The molecular weight excluding hydrogens is 350 g/mol. The monoisotopic (exact) mass is 356 g/mol. The van der Waals surface area contributed by atoms with Crippen molar-refractivity contribution in [2.75, 3.05) is 0 Å². The van der Waals surface area contributed by atoms with Crippen molar-refractivity contribution in [2.45, 2.75) is 5.88 Å². The van der Waals surface area contributed by atoms with Crippen LogP contribution in [0.25, 0.3) is 16.7 Å². The molecule has 0 bridgehead atoms. The molecule has 0 fully saturated rings. The summed E-state index contributed by atoms with van der Waals surface area (Å²) in [5, 5.41) is 0. The summed E-state index contributed by atoms with van der Waals surface area (Å²) >= 11 is 9.03. The maximum atomic E-state index is 13.7. The summed E-state index contributed by atoms with van der Waals surface area (Å²) in [5.41, 5.74) is 1.90. The van der Waals surface area contributed by atoms with Crippen molar-refractivity contribution in [3.63, 3.8) is 0 Å². The fourth-order valence-corrected chi connectivity index (χ4v) is 2.60. The van der Waals surface area contributed by atoms with Crippen LogP contribution in [0, 0.1) is 11.6 Å². The number of halogens is 4. The second-order valence-corrected chi connectivity index (χ2v) is 5.35. The van der Waals surface area contributed by atoms with Gasteiger partial charge < -0.3 is 0 Å². The van der Waals surface area contributed by atoms with Crippen LogP contribution in [-0.2, 0) is 5.88 Å². The number of rotatable bonds is 2. The highest BCUT2D eigenvalue weighted by atomic mass is 79.9. The van der Waals surface area contributed by atoms with Gasteiger partial charge in [0.2, 0.25) is 0 Å². The van der Waals surface area contributed by atoms with E-state index in [1.807, 2.05) is 0 Å². The van der Waals surface area contributed by atoms with Crippen molar-refractivity contribution in [3.05, 3.63) is 58.3 Å². The fourth-order valence-electron chi connectivity index (χ4n) is 2.09. The predicted molar refractivity (Wildman–Crippen MR) is 78.2 cm³/mol. The van der Waals surface area contributed by atoms with Gasteiger partial charge in [0, 0.05) is 11.8 Å². The molecule has 0 N–H and O–H groups in total. The first-order valence-electron chi connectivity index (χ1n) is 5.78. The molecule has 1 heterocycles. The van der Waals surface area contributed by atoms with Crippen LogP contribution in [-0.4, -0.2) is 9.55 Å². The summed E-state index contributed by atoms with van der Waals surface area (Å²) in [4.78, 5) is 4.37. The maximum Gasteiger partial charge on any atom is 0.139 e. The van der Waals surface area contributed by atoms with E-state index in [1.54, 1.807) is 22.8 Å². The minimum absolute atomic E-state index is 0.172. The number of imidazole rings is 1. The Hall–Kier alpha value is -1.46. The summed E-state index contributed by atoms with van der Waals surface area (Å²) in [6.45, 7) is 0. The van der Waals surface area contributed by atoms with Crippen LogP contribution < -0.4 is 0 Å². The third-order valence-corrected chi connectivity index (χ3v) is 3.82. The second kappa shape index (κ2) is 5.14. The van der Waals surface area contributed by atoms with Gasteiger partial charge in [0.05, 0.1) is 21.4 Å². The van der Waals surface area contributed by atoms with E-state index in [1.165, 1.54) is 18.2 Å². The maximum absolute atomic E-state index is 13.7. The average Bonchev–Trinajstić information content (AvgIpc) is 2.78. The van der Waals surface area contributed by atoms with E-state index in [0.29, 0.717) is 27.0 Å². The lowest BCUT2D eigenvalue weighted by atomic mass is 10.2. The molecule has 2 aromatic carbocycles. The number of hydrogen-bond donors (Lipinski definition) is 0. The van der Waals surface area contributed by atoms with Crippen LogP contribution in [0.3, 0.4) is 0 Å². The third kappa shape index (κ3) is 2.21. The molecular formula is C14H8BrClF2N2. The molecule has 0 unspecified atom stereocenters. The van der Waals surface area contributed by atoms with Crippen LogP contribution in [0.15, 0.2) is 40.9 Å². The van der Waals surface area contributed by atoms with Crippen LogP contribution in [0.4, 0.5) is 8.78 Å². The van der Waals surface area contributed by atoms with E-state index >= 15 is 0 Å². The van der Waals surface area contributed by atoms with E-state index in [9.17, 15) is 8.78 Å². The highest BCUT2D eigenvalue weighted by Crippen LogP contribution is 2.27. The number of benzene rings is 2. The standard InChI is InChI=1S/C14H8BrClF2N2/c15-10-5-12-13(6-11(10)18)20(14(7-16)19-12)9-3-1-8(17)2-4-9/h1-6H,7H2. The Balaban J connectivity index is 2.32. The summed E-state index contributed by atoms with van der Waals surface area (Å²) in [7, 11) is 0. The average molecular weight is 358 g/mol. The van der Waals surface area contributed by atoms with Crippen molar-refractivity contribution in [3.8, 4) is 5.69 Å². The Bertz CT molecular complexity index is 784. The second-order valence-electron chi connectivity index (χ2n) is 4.23. The van der Waals surface area contributed by atoms with Gasteiger partial charge in [-0.3, -0.25) is 4.57 Å². The zero-order chi connectivity index (χ0) is 14.3. The molecule has 0 aliphatic rings. The first-order chi connectivity index (χ1) is 9.60. The van der Waals surface area contributed by atoms with Gasteiger partial charge in [0.25, 0.3) is 0 Å². The zero-order valence-corrected chi connectivity index (χ0v) is 12.4. The zero-order valence-electron chi connectivity index (χ0n) is 10.1. The molecule has 0 aliphatic heterocycles.